The minimum atomic E-state index is -1.46. The first-order chi connectivity index (χ1) is 11.4. The van der Waals surface area contributed by atoms with Crippen LogP contribution in [0.1, 0.15) is 22.8 Å². The molecule has 0 bridgehead atoms. The standard InChI is InChI=1S/C16H13N3O5/c1-16(8-10-4-2-3-5-11(10)14(20)24-16)15(21)18-12-6-7-17-9-13(12)19(22)23/h2-7,9H,8H2,1H3,(H,17,18,21)/t16-/m1/s1. The lowest BCUT2D eigenvalue weighted by atomic mass is 9.89. The average molecular weight is 327 g/mol. The number of hydrogen-bond acceptors (Lipinski definition) is 6. The van der Waals surface area contributed by atoms with E-state index in [2.05, 4.69) is 10.3 Å². The molecular formula is C16H13N3O5. The van der Waals surface area contributed by atoms with Crippen LogP contribution >= 0.6 is 0 Å². The second-order valence-electron chi connectivity index (χ2n) is 5.56. The van der Waals surface area contributed by atoms with E-state index in [1.807, 2.05) is 0 Å². The Kier molecular flexibility index (Phi) is 3.72. The zero-order valence-corrected chi connectivity index (χ0v) is 12.7. The molecule has 0 unspecified atom stereocenters. The van der Waals surface area contributed by atoms with Crippen molar-refractivity contribution in [1.82, 2.24) is 4.98 Å². The van der Waals surface area contributed by atoms with E-state index in [1.165, 1.54) is 19.2 Å². The monoisotopic (exact) mass is 327 g/mol. The highest BCUT2D eigenvalue weighted by atomic mass is 16.6. The number of carbonyl (C=O) groups is 2. The molecule has 1 N–H and O–H groups in total. The normalized spacial score (nSPS) is 19.1. The molecule has 8 heteroatoms. The van der Waals surface area contributed by atoms with Crippen molar-refractivity contribution in [3.05, 3.63) is 64.0 Å². The van der Waals surface area contributed by atoms with Crippen LogP contribution in [0, 0.1) is 10.1 Å². The first-order valence-electron chi connectivity index (χ1n) is 7.12. The fourth-order valence-electron chi connectivity index (χ4n) is 2.55. The molecule has 0 saturated heterocycles. The Balaban J connectivity index is 1.89. The van der Waals surface area contributed by atoms with Crippen molar-refractivity contribution in [2.24, 2.45) is 0 Å². The van der Waals surface area contributed by atoms with Crippen molar-refractivity contribution in [2.75, 3.05) is 5.32 Å². The van der Waals surface area contributed by atoms with Gasteiger partial charge in [-0.2, -0.15) is 0 Å². The van der Waals surface area contributed by atoms with Gasteiger partial charge in [0.25, 0.3) is 5.91 Å². The van der Waals surface area contributed by atoms with Crippen molar-refractivity contribution in [1.29, 1.82) is 0 Å². The predicted octanol–water partition coefficient (Wildman–Crippen LogP) is 2.10. The third-order valence-corrected chi connectivity index (χ3v) is 3.81. The molecule has 2 heterocycles. The number of ether oxygens (including phenoxy) is 1. The molecule has 122 valence electrons. The molecule has 1 aliphatic rings. The highest BCUT2D eigenvalue weighted by Gasteiger charge is 2.43. The van der Waals surface area contributed by atoms with Crippen LogP contribution < -0.4 is 5.32 Å². The fraction of sp³-hybridized carbons (Fsp3) is 0.188. The van der Waals surface area contributed by atoms with Gasteiger partial charge in [0.05, 0.1) is 10.5 Å². The van der Waals surface area contributed by atoms with Gasteiger partial charge in [0.1, 0.15) is 11.9 Å². The molecule has 1 aromatic carbocycles. The maximum atomic E-state index is 12.6. The van der Waals surface area contributed by atoms with Gasteiger partial charge in [-0.25, -0.2) is 4.79 Å². The van der Waals surface area contributed by atoms with Crippen LogP contribution in [0.5, 0.6) is 0 Å². The summed E-state index contributed by atoms with van der Waals surface area (Å²) in [6, 6.07) is 8.17. The first-order valence-corrected chi connectivity index (χ1v) is 7.12. The summed E-state index contributed by atoms with van der Waals surface area (Å²) in [5.74, 6) is -1.24. The summed E-state index contributed by atoms with van der Waals surface area (Å²) in [7, 11) is 0. The summed E-state index contributed by atoms with van der Waals surface area (Å²) in [4.78, 5) is 38.7. The van der Waals surface area contributed by atoms with E-state index in [1.54, 1.807) is 24.3 Å². The fourth-order valence-corrected chi connectivity index (χ4v) is 2.55. The van der Waals surface area contributed by atoms with Gasteiger partial charge >= 0.3 is 11.7 Å². The van der Waals surface area contributed by atoms with Crippen LogP contribution in [-0.2, 0) is 16.0 Å². The maximum Gasteiger partial charge on any atom is 0.339 e. The molecule has 1 aliphatic heterocycles. The van der Waals surface area contributed by atoms with Crippen LogP contribution in [0.4, 0.5) is 11.4 Å². The number of nitrogens with one attached hydrogen (secondary N) is 1. The number of nitrogens with zero attached hydrogens (tertiary/aromatic N) is 2. The Morgan fingerprint density at radius 1 is 1.38 bits per heavy atom. The van der Waals surface area contributed by atoms with Crippen molar-refractivity contribution < 1.29 is 19.2 Å². The molecule has 1 atom stereocenters. The Morgan fingerprint density at radius 2 is 2.12 bits per heavy atom. The Bertz CT molecular complexity index is 851. The van der Waals surface area contributed by atoms with Crippen LogP contribution in [0.2, 0.25) is 0 Å². The van der Waals surface area contributed by atoms with Gasteiger partial charge in [-0.05, 0) is 24.6 Å². The lowest BCUT2D eigenvalue weighted by Gasteiger charge is -2.32. The molecule has 1 amide bonds. The summed E-state index contributed by atoms with van der Waals surface area (Å²) in [5.41, 5.74) is -0.691. The van der Waals surface area contributed by atoms with E-state index in [0.29, 0.717) is 11.1 Å². The molecule has 0 fully saturated rings. The molecule has 0 spiro atoms. The number of nitro groups is 1. The third kappa shape index (κ3) is 2.69. The van der Waals surface area contributed by atoms with Gasteiger partial charge in [0, 0.05) is 12.6 Å². The summed E-state index contributed by atoms with van der Waals surface area (Å²) in [6.07, 6.45) is 2.55. The SMILES string of the molecule is C[C@]1(C(=O)Nc2ccncc2[N+](=O)[O-])Cc2ccccc2C(=O)O1. The lowest BCUT2D eigenvalue weighted by molar-refractivity contribution is -0.384. The third-order valence-electron chi connectivity index (χ3n) is 3.81. The van der Waals surface area contributed by atoms with E-state index >= 15 is 0 Å². The number of amides is 1. The maximum absolute atomic E-state index is 12.6. The number of pyridine rings is 1. The van der Waals surface area contributed by atoms with Crippen molar-refractivity contribution >= 4 is 23.3 Å². The number of fused-ring (bicyclic) bond motifs is 1. The van der Waals surface area contributed by atoms with E-state index in [9.17, 15) is 19.7 Å². The number of carbonyl (C=O) groups excluding carboxylic acids is 2. The van der Waals surface area contributed by atoms with Crippen LogP contribution in [0.15, 0.2) is 42.7 Å². The quantitative estimate of drug-likeness (QED) is 0.525. The molecule has 0 aliphatic carbocycles. The first kappa shape index (κ1) is 15.6. The number of benzene rings is 1. The van der Waals surface area contributed by atoms with Gasteiger partial charge in [0.15, 0.2) is 5.60 Å². The molecule has 3 rings (SSSR count). The molecule has 2 aromatic rings. The van der Waals surface area contributed by atoms with E-state index in [-0.39, 0.29) is 17.8 Å². The van der Waals surface area contributed by atoms with Crippen LogP contribution in [0.3, 0.4) is 0 Å². The Labute approximate surface area is 136 Å². The number of hydrogen-bond donors (Lipinski definition) is 1. The van der Waals surface area contributed by atoms with Crippen LogP contribution in [-0.4, -0.2) is 27.4 Å². The largest absolute Gasteiger partial charge is 0.445 e. The zero-order valence-electron chi connectivity index (χ0n) is 12.7. The summed E-state index contributed by atoms with van der Waals surface area (Å²) in [6.45, 7) is 1.48. The molecule has 24 heavy (non-hydrogen) atoms. The second kappa shape index (κ2) is 5.73. The number of esters is 1. The number of cyclic esters (lactones) is 1. The van der Waals surface area contributed by atoms with Crippen molar-refractivity contribution in [3.63, 3.8) is 0 Å². The topological polar surface area (TPSA) is 111 Å². The molecule has 1 aromatic heterocycles. The highest BCUT2D eigenvalue weighted by Crippen LogP contribution is 2.30. The number of anilines is 1. The molecule has 0 radical (unpaired) electrons. The summed E-state index contributed by atoms with van der Waals surface area (Å²) >= 11 is 0. The van der Waals surface area contributed by atoms with Gasteiger partial charge in [-0.3, -0.25) is 19.9 Å². The predicted molar refractivity (Wildman–Crippen MR) is 83.5 cm³/mol. The molecule has 8 nitrogen and oxygen atoms in total. The van der Waals surface area contributed by atoms with Gasteiger partial charge < -0.3 is 10.1 Å². The van der Waals surface area contributed by atoms with Gasteiger partial charge in [-0.1, -0.05) is 18.2 Å². The van der Waals surface area contributed by atoms with Crippen LogP contribution in [0.25, 0.3) is 0 Å². The smallest absolute Gasteiger partial charge is 0.339 e. The Hall–Kier alpha value is -3.29. The summed E-state index contributed by atoms with van der Waals surface area (Å²) in [5, 5.41) is 13.5. The Morgan fingerprint density at radius 3 is 2.88 bits per heavy atom. The van der Waals surface area contributed by atoms with E-state index in [4.69, 9.17) is 4.74 Å². The van der Waals surface area contributed by atoms with E-state index in [0.717, 1.165) is 6.20 Å². The number of aromatic nitrogens is 1. The lowest BCUT2D eigenvalue weighted by Crippen LogP contribution is -2.49. The van der Waals surface area contributed by atoms with Crippen molar-refractivity contribution in [3.8, 4) is 0 Å². The molecule has 0 saturated carbocycles. The minimum absolute atomic E-state index is 0.00358. The zero-order chi connectivity index (χ0) is 17.3. The van der Waals surface area contributed by atoms with Crippen molar-refractivity contribution in [2.45, 2.75) is 18.9 Å². The summed E-state index contributed by atoms with van der Waals surface area (Å²) < 4.78 is 5.30. The second-order valence-corrected chi connectivity index (χ2v) is 5.56. The molecular weight excluding hydrogens is 314 g/mol. The average Bonchev–Trinajstić information content (AvgIpc) is 2.55. The van der Waals surface area contributed by atoms with Gasteiger partial charge in [-0.15, -0.1) is 0 Å². The van der Waals surface area contributed by atoms with Gasteiger partial charge in [0.2, 0.25) is 0 Å². The highest BCUT2D eigenvalue weighted by molar-refractivity contribution is 6.03. The minimum Gasteiger partial charge on any atom is -0.445 e. The van der Waals surface area contributed by atoms with E-state index < -0.39 is 22.4 Å². The number of rotatable bonds is 3.